The zero-order valence-corrected chi connectivity index (χ0v) is 13.7. The van der Waals surface area contributed by atoms with Gasteiger partial charge in [-0.3, -0.25) is 9.69 Å². The number of thiophene rings is 1. The lowest BCUT2D eigenvalue weighted by atomic mass is 10.1. The predicted molar refractivity (Wildman–Crippen MR) is 89.8 cm³/mol. The maximum Gasteiger partial charge on any atom is 0.259 e. The van der Waals surface area contributed by atoms with E-state index >= 15 is 0 Å². The van der Waals surface area contributed by atoms with E-state index in [9.17, 15) is 4.79 Å². The van der Waals surface area contributed by atoms with Crippen LogP contribution < -0.4 is 5.56 Å². The van der Waals surface area contributed by atoms with Gasteiger partial charge in [0.05, 0.1) is 24.3 Å². The monoisotopic (exact) mass is 344 g/mol. The van der Waals surface area contributed by atoms with Crippen LogP contribution >= 0.6 is 11.3 Å². The largest absolute Gasteiger partial charge is 0.379 e. The molecule has 0 spiro atoms. The van der Waals surface area contributed by atoms with Gasteiger partial charge in [-0.2, -0.15) is 16.3 Å². The molecule has 0 amide bonds. The SMILES string of the molecule is O=c1[nH]cc(CN2CCOCC2)cc1-c1noc(-c2ccsc2)n1. The van der Waals surface area contributed by atoms with E-state index in [1.807, 2.05) is 22.9 Å². The Morgan fingerprint density at radius 1 is 1.33 bits per heavy atom. The van der Waals surface area contributed by atoms with E-state index in [4.69, 9.17) is 9.26 Å². The standard InChI is InChI=1S/C16H16N4O3S/c21-15-13(14-18-16(23-19-14)12-1-6-24-10-12)7-11(8-17-15)9-20-2-4-22-5-3-20/h1,6-8,10H,2-5,9H2,(H,17,21). The summed E-state index contributed by atoms with van der Waals surface area (Å²) in [5.74, 6) is 0.727. The topological polar surface area (TPSA) is 84.2 Å². The minimum Gasteiger partial charge on any atom is -0.379 e. The van der Waals surface area contributed by atoms with E-state index < -0.39 is 0 Å². The van der Waals surface area contributed by atoms with E-state index in [1.54, 1.807) is 17.5 Å². The van der Waals surface area contributed by atoms with Crippen LogP contribution in [0.2, 0.25) is 0 Å². The number of nitrogens with one attached hydrogen (secondary N) is 1. The third kappa shape index (κ3) is 3.16. The second-order valence-corrected chi connectivity index (χ2v) is 6.35. The molecular weight excluding hydrogens is 328 g/mol. The number of rotatable bonds is 4. The smallest absolute Gasteiger partial charge is 0.259 e. The number of aromatic nitrogens is 3. The third-order valence-electron chi connectivity index (χ3n) is 3.91. The number of ether oxygens (including phenoxy) is 1. The Kier molecular flexibility index (Phi) is 4.24. The van der Waals surface area contributed by atoms with Crippen LogP contribution in [0.4, 0.5) is 0 Å². The molecule has 1 aliphatic rings. The van der Waals surface area contributed by atoms with Crippen LogP contribution in [0.3, 0.4) is 0 Å². The zero-order chi connectivity index (χ0) is 16.4. The summed E-state index contributed by atoms with van der Waals surface area (Å²) in [5, 5.41) is 7.82. The summed E-state index contributed by atoms with van der Waals surface area (Å²) in [5.41, 5.74) is 2.07. The van der Waals surface area contributed by atoms with Gasteiger partial charge >= 0.3 is 0 Å². The molecule has 3 aromatic rings. The molecule has 1 N–H and O–H groups in total. The minimum absolute atomic E-state index is 0.224. The molecule has 8 heteroatoms. The fourth-order valence-corrected chi connectivity index (χ4v) is 3.27. The molecule has 1 fully saturated rings. The van der Waals surface area contributed by atoms with Gasteiger partial charge in [-0.05, 0) is 23.1 Å². The van der Waals surface area contributed by atoms with Gasteiger partial charge in [0, 0.05) is 31.2 Å². The van der Waals surface area contributed by atoms with Crippen molar-refractivity contribution < 1.29 is 9.26 Å². The number of pyridine rings is 1. The number of hydrogen-bond acceptors (Lipinski definition) is 7. The molecule has 0 saturated carbocycles. The highest BCUT2D eigenvalue weighted by Gasteiger charge is 2.16. The molecule has 0 unspecified atom stereocenters. The first kappa shape index (κ1) is 15.3. The first-order chi connectivity index (χ1) is 11.8. The van der Waals surface area contributed by atoms with Crippen molar-refractivity contribution in [1.29, 1.82) is 0 Å². The van der Waals surface area contributed by atoms with Gasteiger partial charge in [0.25, 0.3) is 11.4 Å². The Hall–Kier alpha value is -2.29. The van der Waals surface area contributed by atoms with Gasteiger partial charge in [0.2, 0.25) is 5.82 Å². The molecule has 1 saturated heterocycles. The summed E-state index contributed by atoms with van der Waals surface area (Å²) in [6.07, 6.45) is 1.74. The molecule has 124 valence electrons. The third-order valence-corrected chi connectivity index (χ3v) is 4.59. The summed E-state index contributed by atoms with van der Waals surface area (Å²) in [6.45, 7) is 4.01. The van der Waals surface area contributed by atoms with E-state index in [0.29, 0.717) is 17.3 Å². The fraction of sp³-hybridized carbons (Fsp3) is 0.312. The Morgan fingerprint density at radius 2 is 2.21 bits per heavy atom. The van der Waals surface area contributed by atoms with Crippen LogP contribution in [-0.2, 0) is 11.3 Å². The van der Waals surface area contributed by atoms with Gasteiger partial charge in [-0.25, -0.2) is 0 Å². The van der Waals surface area contributed by atoms with Crippen molar-refractivity contribution in [3.05, 3.63) is 45.0 Å². The van der Waals surface area contributed by atoms with E-state index in [2.05, 4.69) is 20.0 Å². The Balaban J connectivity index is 1.60. The molecule has 7 nitrogen and oxygen atoms in total. The molecule has 3 aromatic heterocycles. The molecule has 0 atom stereocenters. The second kappa shape index (κ2) is 6.68. The molecular formula is C16H16N4O3S. The molecule has 0 aromatic carbocycles. The zero-order valence-electron chi connectivity index (χ0n) is 12.9. The van der Waals surface area contributed by atoms with Crippen molar-refractivity contribution in [1.82, 2.24) is 20.0 Å². The summed E-state index contributed by atoms with van der Waals surface area (Å²) in [4.78, 5) is 21.6. The summed E-state index contributed by atoms with van der Waals surface area (Å²) in [7, 11) is 0. The van der Waals surface area contributed by atoms with Crippen molar-refractivity contribution in [3.63, 3.8) is 0 Å². The molecule has 0 aliphatic carbocycles. The lowest BCUT2D eigenvalue weighted by molar-refractivity contribution is 0.0341. The molecule has 4 rings (SSSR count). The quantitative estimate of drug-likeness (QED) is 0.779. The van der Waals surface area contributed by atoms with Crippen molar-refractivity contribution in [2.75, 3.05) is 26.3 Å². The highest BCUT2D eigenvalue weighted by Crippen LogP contribution is 2.23. The second-order valence-electron chi connectivity index (χ2n) is 5.57. The fourth-order valence-electron chi connectivity index (χ4n) is 2.64. The van der Waals surface area contributed by atoms with Crippen LogP contribution in [0.1, 0.15) is 5.56 Å². The average Bonchev–Trinajstić information content (AvgIpc) is 3.28. The van der Waals surface area contributed by atoms with Crippen LogP contribution in [0.15, 0.2) is 38.4 Å². The number of nitrogens with zero attached hydrogens (tertiary/aromatic N) is 3. The van der Waals surface area contributed by atoms with Crippen molar-refractivity contribution in [2.45, 2.75) is 6.54 Å². The van der Waals surface area contributed by atoms with Crippen LogP contribution in [0.5, 0.6) is 0 Å². The van der Waals surface area contributed by atoms with Gasteiger partial charge in [0.1, 0.15) is 0 Å². The van der Waals surface area contributed by atoms with Gasteiger partial charge in [-0.15, -0.1) is 0 Å². The first-order valence-corrected chi connectivity index (χ1v) is 8.62. The van der Waals surface area contributed by atoms with Crippen molar-refractivity contribution in [3.8, 4) is 22.8 Å². The highest BCUT2D eigenvalue weighted by atomic mass is 32.1. The maximum absolute atomic E-state index is 12.2. The Bertz CT molecular complexity index is 866. The lowest BCUT2D eigenvalue weighted by Crippen LogP contribution is -2.35. The number of morpholine rings is 1. The normalized spacial score (nSPS) is 15.7. The molecule has 24 heavy (non-hydrogen) atoms. The number of hydrogen-bond donors (Lipinski definition) is 1. The van der Waals surface area contributed by atoms with E-state index in [0.717, 1.165) is 44.0 Å². The average molecular weight is 344 g/mol. The molecule has 0 radical (unpaired) electrons. The summed E-state index contributed by atoms with van der Waals surface area (Å²) >= 11 is 1.55. The minimum atomic E-state index is -0.224. The van der Waals surface area contributed by atoms with Gasteiger partial charge < -0.3 is 14.2 Å². The first-order valence-electron chi connectivity index (χ1n) is 7.68. The van der Waals surface area contributed by atoms with Crippen molar-refractivity contribution in [2.24, 2.45) is 0 Å². The maximum atomic E-state index is 12.2. The molecule has 4 heterocycles. The molecule has 0 bridgehead atoms. The number of aromatic amines is 1. The van der Waals surface area contributed by atoms with Crippen molar-refractivity contribution >= 4 is 11.3 Å². The highest BCUT2D eigenvalue weighted by molar-refractivity contribution is 7.08. The Labute approximate surface area is 141 Å². The predicted octanol–water partition coefficient (Wildman–Crippen LogP) is 1.99. The lowest BCUT2D eigenvalue weighted by Gasteiger charge is -2.26. The Morgan fingerprint density at radius 3 is 3.00 bits per heavy atom. The summed E-state index contributed by atoms with van der Waals surface area (Å²) in [6, 6.07) is 3.73. The number of H-pyrrole nitrogens is 1. The van der Waals surface area contributed by atoms with E-state index in [1.165, 1.54) is 0 Å². The van der Waals surface area contributed by atoms with Crippen LogP contribution in [-0.4, -0.2) is 46.3 Å². The van der Waals surface area contributed by atoms with Crippen LogP contribution in [0, 0.1) is 0 Å². The van der Waals surface area contributed by atoms with Gasteiger partial charge in [-0.1, -0.05) is 5.16 Å². The summed E-state index contributed by atoms with van der Waals surface area (Å²) < 4.78 is 10.6. The van der Waals surface area contributed by atoms with E-state index in [-0.39, 0.29) is 5.56 Å². The van der Waals surface area contributed by atoms with Crippen LogP contribution in [0.25, 0.3) is 22.8 Å². The van der Waals surface area contributed by atoms with Gasteiger partial charge in [0.15, 0.2) is 0 Å². The molecule has 1 aliphatic heterocycles.